The van der Waals surface area contributed by atoms with Gasteiger partial charge in [-0.05, 0) is 43.0 Å². The summed E-state index contributed by atoms with van der Waals surface area (Å²) >= 11 is 17.3. The molecule has 0 saturated heterocycles. The summed E-state index contributed by atoms with van der Waals surface area (Å²) in [5.41, 5.74) is 0. The summed E-state index contributed by atoms with van der Waals surface area (Å²) in [6.45, 7) is 2.33. The van der Waals surface area contributed by atoms with Gasteiger partial charge in [-0.2, -0.15) is 0 Å². The van der Waals surface area contributed by atoms with E-state index in [0.717, 1.165) is 0 Å². The fraction of sp³-hybridized carbons (Fsp3) is 0.222. The highest BCUT2D eigenvalue weighted by Crippen LogP contribution is 2.30. The number of ether oxygens (including phenoxy) is 1. The SMILES string of the molecule is CCOC(=S)Sc1cc(Cl)c(F)c(Cl)c1. The second-order valence-electron chi connectivity index (χ2n) is 2.49. The Bertz CT molecular complexity index is 361. The van der Waals surface area contributed by atoms with Gasteiger partial charge in [-0.25, -0.2) is 4.39 Å². The molecule has 0 aromatic heterocycles. The zero-order valence-corrected chi connectivity index (χ0v) is 10.9. The van der Waals surface area contributed by atoms with E-state index in [9.17, 15) is 4.39 Å². The second-order valence-corrected chi connectivity index (χ2v) is 4.98. The molecule has 1 rings (SSSR count). The lowest BCUT2D eigenvalue weighted by Crippen LogP contribution is -1.95. The molecule has 1 aromatic rings. The molecule has 0 amide bonds. The molecule has 6 heteroatoms. The van der Waals surface area contributed by atoms with E-state index in [1.807, 2.05) is 6.92 Å². The first kappa shape index (κ1) is 13.0. The Morgan fingerprint density at radius 3 is 2.47 bits per heavy atom. The van der Waals surface area contributed by atoms with E-state index < -0.39 is 5.82 Å². The van der Waals surface area contributed by atoms with Crippen LogP contribution in [0.5, 0.6) is 0 Å². The van der Waals surface area contributed by atoms with Crippen LogP contribution in [-0.4, -0.2) is 11.0 Å². The average Bonchev–Trinajstić information content (AvgIpc) is 2.14. The Morgan fingerprint density at radius 1 is 1.47 bits per heavy atom. The first-order valence-electron chi connectivity index (χ1n) is 4.03. The zero-order valence-electron chi connectivity index (χ0n) is 7.72. The van der Waals surface area contributed by atoms with Crippen LogP contribution >= 0.6 is 47.2 Å². The zero-order chi connectivity index (χ0) is 11.4. The molecule has 1 aromatic carbocycles. The minimum absolute atomic E-state index is 0.0238. The van der Waals surface area contributed by atoms with Crippen LogP contribution in [0.25, 0.3) is 0 Å². The summed E-state index contributed by atoms with van der Waals surface area (Å²) in [7, 11) is 0. The lowest BCUT2D eigenvalue weighted by molar-refractivity contribution is 0.346. The van der Waals surface area contributed by atoms with Crippen molar-refractivity contribution in [1.29, 1.82) is 0 Å². The Morgan fingerprint density at radius 2 is 2.00 bits per heavy atom. The van der Waals surface area contributed by atoms with Crippen LogP contribution in [0.1, 0.15) is 6.92 Å². The molecule has 0 aliphatic heterocycles. The number of rotatable bonds is 2. The van der Waals surface area contributed by atoms with Crippen LogP contribution in [0.4, 0.5) is 4.39 Å². The molecule has 0 bridgehead atoms. The van der Waals surface area contributed by atoms with Gasteiger partial charge in [0.1, 0.15) is 0 Å². The number of hydrogen-bond donors (Lipinski definition) is 0. The summed E-state index contributed by atoms with van der Waals surface area (Å²) in [5, 5.41) is -0.0476. The van der Waals surface area contributed by atoms with E-state index in [1.165, 1.54) is 23.9 Å². The number of thiocarbonyl (C=S) groups is 1. The fourth-order valence-electron chi connectivity index (χ4n) is 0.835. The van der Waals surface area contributed by atoms with E-state index in [2.05, 4.69) is 0 Å². The van der Waals surface area contributed by atoms with Crippen molar-refractivity contribution in [3.63, 3.8) is 0 Å². The van der Waals surface area contributed by atoms with Crippen LogP contribution in [0, 0.1) is 5.82 Å². The van der Waals surface area contributed by atoms with E-state index in [-0.39, 0.29) is 10.0 Å². The van der Waals surface area contributed by atoms with Crippen molar-refractivity contribution in [2.24, 2.45) is 0 Å². The Balaban J connectivity index is 2.83. The minimum Gasteiger partial charge on any atom is -0.479 e. The summed E-state index contributed by atoms with van der Waals surface area (Å²) in [5.74, 6) is -0.620. The first-order valence-corrected chi connectivity index (χ1v) is 6.01. The lowest BCUT2D eigenvalue weighted by Gasteiger charge is -2.05. The molecule has 0 aliphatic rings. The quantitative estimate of drug-likeness (QED) is 0.448. The predicted octanol–water partition coefficient (Wildman–Crippen LogP) is 4.55. The van der Waals surface area contributed by atoms with Crippen molar-refractivity contribution >= 4 is 51.6 Å². The maximum atomic E-state index is 13.1. The van der Waals surface area contributed by atoms with Gasteiger partial charge in [0.05, 0.1) is 16.7 Å². The van der Waals surface area contributed by atoms with Crippen molar-refractivity contribution in [3.05, 3.63) is 28.0 Å². The van der Waals surface area contributed by atoms with Crippen LogP contribution in [0.2, 0.25) is 10.0 Å². The van der Waals surface area contributed by atoms with Crippen molar-refractivity contribution < 1.29 is 9.13 Å². The van der Waals surface area contributed by atoms with E-state index in [1.54, 1.807) is 0 Å². The van der Waals surface area contributed by atoms with Crippen molar-refractivity contribution in [2.45, 2.75) is 11.8 Å². The Hall–Kier alpha value is -0.0300. The van der Waals surface area contributed by atoms with Crippen LogP contribution in [0.3, 0.4) is 0 Å². The summed E-state index contributed by atoms with van der Waals surface area (Å²) in [6, 6.07) is 2.91. The maximum Gasteiger partial charge on any atom is 0.224 e. The molecular weight excluding hydrogens is 278 g/mol. The third-order valence-electron chi connectivity index (χ3n) is 1.42. The van der Waals surface area contributed by atoms with Crippen molar-refractivity contribution in [3.8, 4) is 0 Å². The van der Waals surface area contributed by atoms with E-state index >= 15 is 0 Å². The largest absolute Gasteiger partial charge is 0.479 e. The molecule has 0 aliphatic carbocycles. The van der Waals surface area contributed by atoms with Gasteiger partial charge in [0.2, 0.25) is 4.38 Å². The smallest absolute Gasteiger partial charge is 0.224 e. The number of benzene rings is 1. The molecule has 0 N–H and O–H groups in total. The van der Waals surface area contributed by atoms with Gasteiger partial charge in [0, 0.05) is 4.90 Å². The van der Waals surface area contributed by atoms with Gasteiger partial charge in [-0.15, -0.1) is 0 Å². The highest BCUT2D eigenvalue weighted by Gasteiger charge is 2.09. The number of thioether (sulfide) groups is 1. The average molecular weight is 285 g/mol. The van der Waals surface area contributed by atoms with E-state index in [4.69, 9.17) is 40.2 Å². The molecule has 82 valence electrons. The summed E-state index contributed by atoms with van der Waals surface area (Å²) in [6.07, 6.45) is 0. The molecule has 0 atom stereocenters. The second kappa shape index (κ2) is 5.89. The predicted molar refractivity (Wildman–Crippen MR) is 66.5 cm³/mol. The van der Waals surface area contributed by atoms with Gasteiger partial charge < -0.3 is 4.74 Å². The van der Waals surface area contributed by atoms with Crippen LogP contribution in [-0.2, 0) is 4.74 Å². The van der Waals surface area contributed by atoms with Gasteiger partial charge >= 0.3 is 0 Å². The highest BCUT2D eigenvalue weighted by molar-refractivity contribution is 8.22. The Kier molecular flexibility index (Phi) is 5.12. The number of hydrogen-bond acceptors (Lipinski definition) is 3. The maximum absolute atomic E-state index is 13.1. The van der Waals surface area contributed by atoms with Gasteiger partial charge in [0.25, 0.3) is 0 Å². The topological polar surface area (TPSA) is 9.23 Å². The molecule has 15 heavy (non-hydrogen) atoms. The van der Waals surface area contributed by atoms with Crippen LogP contribution in [0.15, 0.2) is 17.0 Å². The van der Waals surface area contributed by atoms with Gasteiger partial charge in [0.15, 0.2) is 5.82 Å². The monoisotopic (exact) mass is 284 g/mol. The number of halogens is 3. The molecule has 0 heterocycles. The molecule has 0 saturated carbocycles. The fourth-order valence-corrected chi connectivity index (χ4v) is 2.58. The lowest BCUT2D eigenvalue weighted by atomic mass is 10.3. The standard InChI is InChI=1S/C9H7Cl2FOS2/c1-2-13-9(14)15-5-3-6(10)8(12)7(11)4-5/h3-4H,2H2,1H3. The van der Waals surface area contributed by atoms with Crippen molar-refractivity contribution in [1.82, 2.24) is 0 Å². The van der Waals surface area contributed by atoms with Gasteiger partial charge in [-0.1, -0.05) is 23.2 Å². The van der Waals surface area contributed by atoms with Crippen LogP contribution < -0.4 is 0 Å². The van der Waals surface area contributed by atoms with E-state index in [0.29, 0.717) is 15.9 Å². The Labute approximate surface area is 107 Å². The molecule has 0 radical (unpaired) electrons. The summed E-state index contributed by atoms with van der Waals surface area (Å²) < 4.78 is 18.5. The first-order chi connectivity index (χ1) is 7.04. The van der Waals surface area contributed by atoms with Gasteiger partial charge in [-0.3, -0.25) is 0 Å². The highest BCUT2D eigenvalue weighted by atomic mass is 35.5. The molecule has 0 fully saturated rings. The molecular formula is C9H7Cl2FOS2. The molecule has 0 unspecified atom stereocenters. The third-order valence-corrected chi connectivity index (χ3v) is 3.09. The minimum atomic E-state index is -0.620. The van der Waals surface area contributed by atoms with Crippen molar-refractivity contribution in [2.75, 3.05) is 6.61 Å². The molecule has 1 nitrogen and oxygen atoms in total. The summed E-state index contributed by atoms with van der Waals surface area (Å²) in [4.78, 5) is 0.657. The normalized spacial score (nSPS) is 10.1. The third kappa shape index (κ3) is 3.79. The molecule has 0 spiro atoms.